The average molecular weight is 300 g/mol. The molecule has 0 radical (unpaired) electrons. The molecule has 7 heteroatoms. The Morgan fingerprint density at radius 1 is 1.40 bits per heavy atom. The van der Waals surface area contributed by atoms with Crippen molar-refractivity contribution in [2.45, 2.75) is 25.4 Å². The van der Waals surface area contributed by atoms with Crippen molar-refractivity contribution in [3.8, 4) is 0 Å². The number of hydrogen-bond acceptors (Lipinski definition) is 3. The van der Waals surface area contributed by atoms with Crippen molar-refractivity contribution in [3.05, 3.63) is 35.6 Å². The van der Waals surface area contributed by atoms with Crippen molar-refractivity contribution in [2.75, 3.05) is 12.8 Å². The van der Waals surface area contributed by atoms with Gasteiger partial charge in [0, 0.05) is 13.1 Å². The van der Waals surface area contributed by atoms with E-state index in [1.54, 1.807) is 12.1 Å². The van der Waals surface area contributed by atoms with Crippen LogP contribution in [0.5, 0.6) is 0 Å². The molecule has 0 spiro atoms. The summed E-state index contributed by atoms with van der Waals surface area (Å²) in [6, 6.07) is 5.17. The third-order valence-electron chi connectivity index (χ3n) is 3.31. The Kier molecular flexibility index (Phi) is 4.39. The number of hydrogen-bond donors (Lipinski definition) is 1. The Morgan fingerprint density at radius 3 is 2.65 bits per heavy atom. The van der Waals surface area contributed by atoms with Gasteiger partial charge in [-0.3, -0.25) is 4.79 Å². The van der Waals surface area contributed by atoms with E-state index in [0.717, 1.165) is 11.8 Å². The first-order chi connectivity index (χ1) is 9.38. The normalized spacial score (nSPS) is 20.0. The van der Waals surface area contributed by atoms with E-state index in [9.17, 15) is 17.6 Å². The number of rotatable bonds is 4. The van der Waals surface area contributed by atoms with E-state index < -0.39 is 16.1 Å². The smallest absolute Gasteiger partial charge is 0.238 e. The molecule has 1 aliphatic rings. The van der Waals surface area contributed by atoms with Crippen LogP contribution in [0.4, 0.5) is 4.39 Å². The van der Waals surface area contributed by atoms with Crippen molar-refractivity contribution in [3.63, 3.8) is 0 Å². The van der Waals surface area contributed by atoms with Crippen LogP contribution in [0.1, 0.15) is 18.4 Å². The lowest BCUT2D eigenvalue weighted by Crippen LogP contribution is -2.45. The quantitative estimate of drug-likeness (QED) is 0.897. The molecule has 1 aromatic carbocycles. The highest BCUT2D eigenvalue weighted by Crippen LogP contribution is 2.20. The lowest BCUT2D eigenvalue weighted by atomic mass is 10.2. The zero-order chi connectivity index (χ0) is 14.8. The molecule has 0 unspecified atom stereocenters. The van der Waals surface area contributed by atoms with Gasteiger partial charge in [0.2, 0.25) is 15.9 Å². The van der Waals surface area contributed by atoms with E-state index in [2.05, 4.69) is 5.32 Å². The van der Waals surface area contributed by atoms with E-state index in [4.69, 9.17) is 0 Å². The lowest BCUT2D eigenvalue weighted by molar-refractivity contribution is -0.124. The van der Waals surface area contributed by atoms with Crippen LogP contribution in [0.2, 0.25) is 0 Å². The first-order valence-corrected chi connectivity index (χ1v) is 8.22. The summed E-state index contributed by atoms with van der Waals surface area (Å²) in [5.41, 5.74) is 0.767. The van der Waals surface area contributed by atoms with Crippen LogP contribution in [0.15, 0.2) is 24.3 Å². The fraction of sp³-hybridized carbons (Fsp3) is 0.462. The first kappa shape index (κ1) is 14.9. The van der Waals surface area contributed by atoms with Gasteiger partial charge in [0.1, 0.15) is 11.9 Å². The minimum absolute atomic E-state index is 0.257. The van der Waals surface area contributed by atoms with E-state index in [0.29, 0.717) is 19.4 Å². The van der Waals surface area contributed by atoms with Crippen LogP contribution in [-0.2, 0) is 21.4 Å². The van der Waals surface area contributed by atoms with E-state index in [1.165, 1.54) is 16.4 Å². The lowest BCUT2D eigenvalue weighted by Gasteiger charge is -2.21. The SMILES string of the molecule is CS(=O)(=O)N1CCC[C@@H]1C(=O)NCc1ccc(F)cc1. The molecule has 110 valence electrons. The van der Waals surface area contributed by atoms with Gasteiger partial charge in [-0.05, 0) is 30.5 Å². The van der Waals surface area contributed by atoms with Gasteiger partial charge < -0.3 is 5.32 Å². The monoisotopic (exact) mass is 300 g/mol. The topological polar surface area (TPSA) is 66.5 Å². The number of nitrogens with zero attached hydrogens (tertiary/aromatic N) is 1. The summed E-state index contributed by atoms with van der Waals surface area (Å²) in [7, 11) is -3.36. The van der Waals surface area contributed by atoms with Gasteiger partial charge in [0.25, 0.3) is 0 Å². The number of carbonyl (C=O) groups is 1. The standard InChI is InChI=1S/C13H17FN2O3S/c1-20(18,19)16-8-2-3-12(16)13(17)15-9-10-4-6-11(14)7-5-10/h4-7,12H,2-3,8-9H2,1H3,(H,15,17)/t12-/m1/s1. The molecule has 5 nitrogen and oxygen atoms in total. The van der Waals surface area contributed by atoms with Crippen molar-refractivity contribution >= 4 is 15.9 Å². The zero-order valence-corrected chi connectivity index (χ0v) is 12.0. The highest BCUT2D eigenvalue weighted by Gasteiger charge is 2.36. The Balaban J connectivity index is 1.96. The maximum absolute atomic E-state index is 12.8. The largest absolute Gasteiger partial charge is 0.351 e. The molecule has 1 N–H and O–H groups in total. The van der Waals surface area contributed by atoms with Gasteiger partial charge in [-0.2, -0.15) is 4.31 Å². The van der Waals surface area contributed by atoms with E-state index in [-0.39, 0.29) is 18.3 Å². The number of nitrogens with one attached hydrogen (secondary N) is 1. The number of benzene rings is 1. The zero-order valence-electron chi connectivity index (χ0n) is 11.2. The van der Waals surface area contributed by atoms with Crippen LogP contribution < -0.4 is 5.32 Å². The maximum Gasteiger partial charge on any atom is 0.238 e. The van der Waals surface area contributed by atoms with Crippen molar-refractivity contribution in [1.29, 1.82) is 0 Å². The summed E-state index contributed by atoms with van der Waals surface area (Å²) >= 11 is 0. The number of amides is 1. The van der Waals surface area contributed by atoms with Crippen LogP contribution in [0.25, 0.3) is 0 Å². The molecule has 0 bridgehead atoms. The van der Waals surface area contributed by atoms with Gasteiger partial charge in [-0.25, -0.2) is 12.8 Å². The summed E-state index contributed by atoms with van der Waals surface area (Å²) < 4.78 is 37.1. The number of halogens is 1. The maximum atomic E-state index is 12.8. The number of sulfonamides is 1. The Labute approximate surface area is 117 Å². The Morgan fingerprint density at radius 2 is 2.05 bits per heavy atom. The predicted octanol–water partition coefficient (Wildman–Crippen LogP) is 0.866. The molecular formula is C13H17FN2O3S. The molecule has 1 aliphatic heterocycles. The molecule has 0 aliphatic carbocycles. The fourth-order valence-electron chi connectivity index (χ4n) is 2.31. The van der Waals surface area contributed by atoms with Crippen molar-refractivity contribution in [1.82, 2.24) is 9.62 Å². The molecule has 1 aromatic rings. The third-order valence-corrected chi connectivity index (χ3v) is 4.60. The predicted molar refractivity (Wildman–Crippen MR) is 72.8 cm³/mol. The second kappa shape index (κ2) is 5.88. The Hall–Kier alpha value is -1.47. The number of carbonyl (C=O) groups excluding carboxylic acids is 1. The molecule has 0 saturated carbocycles. The molecule has 1 heterocycles. The summed E-state index contributed by atoms with van der Waals surface area (Å²) in [6.07, 6.45) is 2.32. The molecule has 1 atom stereocenters. The highest BCUT2D eigenvalue weighted by atomic mass is 32.2. The molecule has 2 rings (SSSR count). The average Bonchev–Trinajstić information content (AvgIpc) is 2.87. The van der Waals surface area contributed by atoms with Crippen molar-refractivity contribution in [2.24, 2.45) is 0 Å². The van der Waals surface area contributed by atoms with Crippen molar-refractivity contribution < 1.29 is 17.6 Å². The fourth-order valence-corrected chi connectivity index (χ4v) is 3.43. The summed E-state index contributed by atoms with van der Waals surface area (Å²) in [5, 5.41) is 2.69. The Bertz CT molecular complexity index is 586. The third kappa shape index (κ3) is 3.55. The van der Waals surface area contributed by atoms with Gasteiger partial charge in [0.05, 0.1) is 6.26 Å². The van der Waals surface area contributed by atoms with Gasteiger partial charge in [-0.15, -0.1) is 0 Å². The summed E-state index contributed by atoms with van der Waals surface area (Å²) in [4.78, 5) is 12.1. The summed E-state index contributed by atoms with van der Waals surface area (Å²) in [5.74, 6) is -0.642. The van der Waals surface area contributed by atoms with Gasteiger partial charge >= 0.3 is 0 Å². The van der Waals surface area contributed by atoms with Crippen LogP contribution >= 0.6 is 0 Å². The minimum Gasteiger partial charge on any atom is -0.351 e. The second-order valence-corrected chi connectivity index (χ2v) is 6.81. The molecule has 0 aromatic heterocycles. The van der Waals surface area contributed by atoms with E-state index in [1.807, 2.05) is 0 Å². The summed E-state index contributed by atoms with van der Waals surface area (Å²) in [6.45, 7) is 0.640. The minimum atomic E-state index is -3.36. The first-order valence-electron chi connectivity index (χ1n) is 6.37. The highest BCUT2D eigenvalue weighted by molar-refractivity contribution is 7.88. The van der Waals surface area contributed by atoms with E-state index >= 15 is 0 Å². The van der Waals surface area contributed by atoms with Crippen LogP contribution in [0, 0.1) is 5.82 Å². The molecule has 1 saturated heterocycles. The molecule has 20 heavy (non-hydrogen) atoms. The van der Waals surface area contributed by atoms with Gasteiger partial charge in [-0.1, -0.05) is 12.1 Å². The second-order valence-electron chi connectivity index (χ2n) is 4.88. The molecule has 1 amide bonds. The molecular weight excluding hydrogens is 283 g/mol. The molecule has 1 fully saturated rings. The van der Waals surface area contributed by atoms with Crippen LogP contribution in [0.3, 0.4) is 0 Å². The van der Waals surface area contributed by atoms with Crippen LogP contribution in [-0.4, -0.2) is 37.5 Å². The van der Waals surface area contributed by atoms with Gasteiger partial charge in [0.15, 0.2) is 0 Å².